The fraction of sp³-hybridized carbons (Fsp3) is 0.200. The van der Waals surface area contributed by atoms with Gasteiger partial charge in [0.2, 0.25) is 0 Å². The Morgan fingerprint density at radius 3 is 2.43 bits per heavy atom. The lowest BCUT2D eigenvalue weighted by atomic mass is 10.1. The number of ketones is 1. The Hall–Kier alpha value is -2.25. The third kappa shape index (κ3) is 7.53. The number of rotatable bonds is 6. The minimum absolute atomic E-state index is 0.0322. The maximum Gasteiger partial charge on any atom is 0.272 e. The molecule has 1 amide bonds. The first kappa shape index (κ1) is 18.8. The van der Waals surface area contributed by atoms with Crippen LogP contribution in [0, 0.1) is 0 Å². The molecule has 23 heavy (non-hydrogen) atoms. The molecule has 6 nitrogen and oxygen atoms in total. The van der Waals surface area contributed by atoms with Gasteiger partial charge in [0.25, 0.3) is 5.91 Å². The van der Waals surface area contributed by atoms with Crippen molar-refractivity contribution in [1.29, 1.82) is 0 Å². The maximum atomic E-state index is 12.3. The van der Waals surface area contributed by atoms with E-state index in [-0.39, 0.29) is 23.0 Å². The van der Waals surface area contributed by atoms with E-state index in [0.717, 1.165) is 5.57 Å². The van der Waals surface area contributed by atoms with Crippen LogP contribution in [0.15, 0.2) is 41.0 Å². The first-order valence-electron chi connectivity index (χ1n) is 6.64. The first-order chi connectivity index (χ1) is 10.8. The quantitative estimate of drug-likeness (QED) is 0.316. The molecule has 0 atom stereocenters. The van der Waals surface area contributed by atoms with E-state index in [4.69, 9.17) is 17.3 Å². The second-order valence-corrected chi connectivity index (χ2v) is 5.74. The third-order valence-electron chi connectivity index (χ3n) is 2.46. The second kappa shape index (κ2) is 9.02. The van der Waals surface area contributed by atoms with Crippen LogP contribution in [-0.4, -0.2) is 22.5 Å². The zero-order chi connectivity index (χ0) is 17.4. The van der Waals surface area contributed by atoms with Crippen molar-refractivity contribution in [3.05, 3.63) is 40.9 Å². The molecule has 8 heteroatoms. The Morgan fingerprint density at radius 2 is 1.91 bits per heavy atom. The summed E-state index contributed by atoms with van der Waals surface area (Å²) < 4.78 is 0. The van der Waals surface area contributed by atoms with Gasteiger partial charge in [0.05, 0.1) is 6.42 Å². The van der Waals surface area contributed by atoms with Crippen LogP contribution < -0.4 is 16.5 Å². The average Bonchev–Trinajstić information content (AvgIpc) is 2.44. The lowest BCUT2D eigenvalue weighted by Gasteiger charge is -2.08. The van der Waals surface area contributed by atoms with Crippen molar-refractivity contribution in [3.8, 4) is 0 Å². The van der Waals surface area contributed by atoms with E-state index in [1.807, 2.05) is 0 Å². The van der Waals surface area contributed by atoms with Gasteiger partial charge >= 0.3 is 0 Å². The number of benzene rings is 1. The van der Waals surface area contributed by atoms with Crippen LogP contribution in [0.25, 0.3) is 0 Å². The Balaban J connectivity index is 2.89. The smallest absolute Gasteiger partial charge is 0.272 e. The molecule has 0 aromatic heterocycles. The molecular formula is C15H17ClN4O2S. The third-order valence-corrected chi connectivity index (χ3v) is 2.80. The van der Waals surface area contributed by atoms with E-state index in [1.165, 1.54) is 6.08 Å². The molecule has 0 aliphatic carbocycles. The number of hydrogen-bond acceptors (Lipinski definition) is 4. The van der Waals surface area contributed by atoms with Crippen molar-refractivity contribution in [2.75, 3.05) is 5.32 Å². The van der Waals surface area contributed by atoms with Gasteiger partial charge in [0, 0.05) is 10.7 Å². The van der Waals surface area contributed by atoms with Gasteiger partial charge in [-0.1, -0.05) is 17.2 Å². The summed E-state index contributed by atoms with van der Waals surface area (Å²) in [5, 5.41) is 6.87. The summed E-state index contributed by atoms with van der Waals surface area (Å²) in [4.78, 5) is 24.1. The van der Waals surface area contributed by atoms with E-state index in [2.05, 4.69) is 28.1 Å². The van der Waals surface area contributed by atoms with Crippen LogP contribution in [0.1, 0.15) is 20.3 Å². The molecular weight excluding hydrogens is 336 g/mol. The van der Waals surface area contributed by atoms with Crippen LogP contribution in [0.3, 0.4) is 0 Å². The normalized spacial score (nSPS) is 10.7. The summed E-state index contributed by atoms with van der Waals surface area (Å²) in [6.07, 6.45) is 1.26. The summed E-state index contributed by atoms with van der Waals surface area (Å²) in [5.74, 6) is -0.786. The van der Waals surface area contributed by atoms with Crippen LogP contribution in [0.4, 0.5) is 5.69 Å². The first-order valence-corrected chi connectivity index (χ1v) is 7.43. The molecule has 0 saturated heterocycles. The number of nitrogens with zero attached hydrogens (tertiary/aromatic N) is 1. The Labute approximate surface area is 144 Å². The molecule has 0 unspecified atom stereocenters. The summed E-state index contributed by atoms with van der Waals surface area (Å²) >= 11 is 10.4. The maximum absolute atomic E-state index is 12.3. The molecule has 0 saturated carbocycles. The number of carbonyl (C=O) groups excluding carboxylic acids is 2. The molecule has 1 aromatic carbocycles. The van der Waals surface area contributed by atoms with Gasteiger partial charge in [0.1, 0.15) is 5.71 Å². The number of halogens is 1. The SMILES string of the molecule is CC(C)=CC(=O)C/C(=N\NC(N)=S)C(=O)Nc1ccc(Cl)cc1. The molecule has 0 aliphatic heterocycles. The molecule has 1 aromatic rings. The number of anilines is 1. The number of hydrogen-bond donors (Lipinski definition) is 3. The van der Waals surface area contributed by atoms with Gasteiger partial charge in [-0.3, -0.25) is 15.0 Å². The van der Waals surface area contributed by atoms with Crippen molar-refractivity contribution in [1.82, 2.24) is 5.43 Å². The monoisotopic (exact) mass is 352 g/mol. The van der Waals surface area contributed by atoms with Crippen LogP contribution in [0.2, 0.25) is 5.02 Å². The number of allylic oxidation sites excluding steroid dienone is 2. The second-order valence-electron chi connectivity index (χ2n) is 4.86. The van der Waals surface area contributed by atoms with Gasteiger partial charge in [-0.2, -0.15) is 5.10 Å². The van der Waals surface area contributed by atoms with Crippen molar-refractivity contribution >= 4 is 52.0 Å². The molecule has 0 aliphatic rings. The fourth-order valence-electron chi connectivity index (χ4n) is 1.57. The highest BCUT2D eigenvalue weighted by atomic mass is 35.5. The van der Waals surface area contributed by atoms with Crippen LogP contribution >= 0.6 is 23.8 Å². The summed E-state index contributed by atoms with van der Waals surface area (Å²) in [6.45, 7) is 3.57. The number of nitrogens with one attached hydrogen (secondary N) is 2. The largest absolute Gasteiger partial charge is 0.375 e. The average molecular weight is 353 g/mol. The van der Waals surface area contributed by atoms with Crippen LogP contribution in [0.5, 0.6) is 0 Å². The van der Waals surface area contributed by atoms with E-state index >= 15 is 0 Å². The van der Waals surface area contributed by atoms with E-state index in [9.17, 15) is 9.59 Å². The Kier molecular flexibility index (Phi) is 7.37. The number of carbonyl (C=O) groups is 2. The van der Waals surface area contributed by atoms with Crippen LogP contribution in [-0.2, 0) is 9.59 Å². The molecule has 4 N–H and O–H groups in total. The Morgan fingerprint density at radius 1 is 1.30 bits per heavy atom. The summed E-state index contributed by atoms with van der Waals surface area (Å²) in [7, 11) is 0. The van der Waals surface area contributed by atoms with Gasteiger partial charge in [0.15, 0.2) is 10.9 Å². The summed E-state index contributed by atoms with van der Waals surface area (Å²) in [5.41, 5.74) is 8.94. The van der Waals surface area contributed by atoms with Crippen molar-refractivity contribution in [2.24, 2.45) is 10.8 Å². The number of hydrazone groups is 1. The van der Waals surface area contributed by atoms with Crippen molar-refractivity contribution in [3.63, 3.8) is 0 Å². The zero-order valence-corrected chi connectivity index (χ0v) is 14.3. The molecule has 0 bridgehead atoms. The lowest BCUT2D eigenvalue weighted by Crippen LogP contribution is -2.31. The highest BCUT2D eigenvalue weighted by Gasteiger charge is 2.15. The number of nitrogens with two attached hydrogens (primary N) is 1. The van der Waals surface area contributed by atoms with Gasteiger partial charge in [-0.25, -0.2) is 0 Å². The predicted octanol–water partition coefficient (Wildman–Crippen LogP) is 2.39. The number of thiocarbonyl (C=S) groups is 1. The zero-order valence-electron chi connectivity index (χ0n) is 12.7. The standard InChI is InChI=1S/C15H17ClN4O2S/c1-9(2)7-12(21)8-13(19-20-15(17)23)14(22)18-11-5-3-10(16)4-6-11/h3-7H,8H2,1-2H3,(H,18,22)(H3,17,20,23)/b19-13+. The highest BCUT2D eigenvalue weighted by molar-refractivity contribution is 7.80. The molecule has 0 spiro atoms. The van der Waals surface area contributed by atoms with Gasteiger partial charge in [-0.05, 0) is 56.4 Å². The number of amides is 1. The molecule has 0 fully saturated rings. The van der Waals surface area contributed by atoms with Crippen molar-refractivity contribution in [2.45, 2.75) is 20.3 Å². The predicted molar refractivity (Wildman–Crippen MR) is 96.5 cm³/mol. The topological polar surface area (TPSA) is 96.6 Å². The van der Waals surface area contributed by atoms with E-state index in [0.29, 0.717) is 10.7 Å². The van der Waals surface area contributed by atoms with Gasteiger partial charge in [-0.15, -0.1) is 0 Å². The molecule has 1 rings (SSSR count). The molecule has 0 heterocycles. The lowest BCUT2D eigenvalue weighted by molar-refractivity contribution is -0.115. The fourth-order valence-corrected chi connectivity index (χ4v) is 1.74. The molecule has 122 valence electrons. The highest BCUT2D eigenvalue weighted by Crippen LogP contribution is 2.13. The van der Waals surface area contributed by atoms with Gasteiger partial charge < -0.3 is 11.1 Å². The van der Waals surface area contributed by atoms with Crippen molar-refractivity contribution < 1.29 is 9.59 Å². The minimum Gasteiger partial charge on any atom is -0.375 e. The summed E-state index contributed by atoms with van der Waals surface area (Å²) in [6, 6.07) is 6.54. The minimum atomic E-state index is -0.536. The van der Waals surface area contributed by atoms with E-state index in [1.54, 1.807) is 38.1 Å². The molecule has 0 radical (unpaired) electrons. The van der Waals surface area contributed by atoms with E-state index < -0.39 is 5.91 Å². The Bertz CT molecular complexity index is 665.